The summed E-state index contributed by atoms with van der Waals surface area (Å²) in [5, 5.41) is 14.7. The van der Waals surface area contributed by atoms with E-state index < -0.39 is 29.7 Å². The minimum Gasteiger partial charge on any atom is -0.387 e. The lowest BCUT2D eigenvalue weighted by Crippen LogP contribution is -2.42. The fourth-order valence-corrected chi connectivity index (χ4v) is 2.33. The first-order valence-corrected chi connectivity index (χ1v) is 8.22. The summed E-state index contributed by atoms with van der Waals surface area (Å²) < 4.78 is 37.5. The molecule has 5 nitrogen and oxygen atoms in total. The first-order valence-electron chi connectivity index (χ1n) is 8.22. The van der Waals surface area contributed by atoms with Crippen molar-refractivity contribution in [3.8, 4) is 0 Å². The van der Waals surface area contributed by atoms with Crippen LogP contribution in [0.3, 0.4) is 0 Å². The molecule has 27 heavy (non-hydrogen) atoms. The van der Waals surface area contributed by atoms with Gasteiger partial charge in [0.1, 0.15) is 0 Å². The third-order valence-electron chi connectivity index (χ3n) is 3.83. The zero-order valence-corrected chi connectivity index (χ0v) is 14.3. The van der Waals surface area contributed by atoms with Crippen LogP contribution in [0.25, 0.3) is 0 Å². The average Bonchev–Trinajstić information content (AvgIpc) is 2.66. The zero-order valence-electron chi connectivity index (χ0n) is 14.3. The lowest BCUT2D eigenvalue weighted by atomic mass is 10.1. The molecule has 0 bridgehead atoms. The second-order valence-corrected chi connectivity index (χ2v) is 5.84. The molecule has 0 aromatic heterocycles. The van der Waals surface area contributed by atoms with Crippen LogP contribution in [0.1, 0.15) is 22.8 Å². The van der Waals surface area contributed by atoms with Gasteiger partial charge in [0.25, 0.3) is 0 Å². The Morgan fingerprint density at radius 3 is 2.11 bits per heavy atom. The predicted octanol–water partition coefficient (Wildman–Crippen LogP) is 2.21. The van der Waals surface area contributed by atoms with Gasteiger partial charge in [0.05, 0.1) is 11.7 Å². The van der Waals surface area contributed by atoms with Gasteiger partial charge in [-0.05, 0) is 29.7 Å². The Kier molecular flexibility index (Phi) is 6.95. The van der Waals surface area contributed by atoms with Crippen molar-refractivity contribution in [2.75, 3.05) is 13.1 Å². The Labute approximate surface area is 154 Å². The van der Waals surface area contributed by atoms with Gasteiger partial charge in [0.15, 0.2) is 0 Å². The van der Waals surface area contributed by atoms with E-state index in [-0.39, 0.29) is 18.7 Å². The smallest absolute Gasteiger partial charge is 0.387 e. The molecule has 0 saturated carbocycles. The summed E-state index contributed by atoms with van der Waals surface area (Å²) in [6.07, 6.45) is -5.13. The summed E-state index contributed by atoms with van der Waals surface area (Å²) in [7, 11) is 0. The summed E-state index contributed by atoms with van der Waals surface area (Å²) in [5.74, 6) is -1.76. The van der Waals surface area contributed by atoms with E-state index in [1.807, 2.05) is 30.3 Å². The number of alkyl halides is 3. The summed E-state index contributed by atoms with van der Waals surface area (Å²) >= 11 is 0. The Bertz CT molecular complexity index is 762. The van der Waals surface area contributed by atoms with Crippen LogP contribution in [0.5, 0.6) is 0 Å². The van der Waals surface area contributed by atoms with Crippen LogP contribution in [0.2, 0.25) is 0 Å². The molecule has 1 unspecified atom stereocenters. The molecule has 144 valence electrons. The number of nitrogens with one attached hydrogen (secondary N) is 2. The molecule has 2 aromatic carbocycles. The van der Waals surface area contributed by atoms with E-state index in [1.165, 1.54) is 0 Å². The Balaban J connectivity index is 1.76. The van der Waals surface area contributed by atoms with Crippen LogP contribution in [-0.4, -0.2) is 30.0 Å². The van der Waals surface area contributed by atoms with Crippen LogP contribution in [-0.2, 0) is 22.2 Å². The highest BCUT2D eigenvalue weighted by Crippen LogP contribution is 2.29. The highest BCUT2D eigenvalue weighted by atomic mass is 19.4. The van der Waals surface area contributed by atoms with Crippen molar-refractivity contribution >= 4 is 11.8 Å². The third-order valence-corrected chi connectivity index (χ3v) is 3.83. The van der Waals surface area contributed by atoms with Crippen molar-refractivity contribution in [2.24, 2.45) is 0 Å². The number of rotatable bonds is 6. The summed E-state index contributed by atoms with van der Waals surface area (Å²) in [4.78, 5) is 23.4. The van der Waals surface area contributed by atoms with Crippen molar-refractivity contribution in [3.05, 3.63) is 71.3 Å². The van der Waals surface area contributed by atoms with Gasteiger partial charge in [-0.15, -0.1) is 0 Å². The van der Waals surface area contributed by atoms with Crippen LogP contribution in [0, 0.1) is 0 Å². The molecule has 0 aliphatic heterocycles. The maximum Gasteiger partial charge on any atom is 0.416 e. The van der Waals surface area contributed by atoms with Gasteiger partial charge < -0.3 is 15.7 Å². The quantitative estimate of drug-likeness (QED) is 0.673. The summed E-state index contributed by atoms with van der Waals surface area (Å²) in [6.45, 7) is -0.0198. The number of carbonyl (C=O) groups is 2. The maximum atomic E-state index is 12.5. The fourth-order valence-electron chi connectivity index (χ4n) is 2.33. The van der Waals surface area contributed by atoms with Crippen LogP contribution in [0.15, 0.2) is 54.6 Å². The van der Waals surface area contributed by atoms with Gasteiger partial charge in [-0.2, -0.15) is 13.2 Å². The number of hydrogen-bond acceptors (Lipinski definition) is 3. The largest absolute Gasteiger partial charge is 0.416 e. The number of aliphatic hydroxyl groups is 1. The number of benzene rings is 2. The number of aliphatic hydroxyl groups excluding tert-OH is 1. The number of carbonyl (C=O) groups excluding carboxylic acids is 2. The molecule has 0 radical (unpaired) electrons. The zero-order chi connectivity index (χ0) is 19.9. The van der Waals surface area contributed by atoms with Gasteiger partial charge in [-0.25, -0.2) is 0 Å². The van der Waals surface area contributed by atoms with Gasteiger partial charge in [-0.1, -0.05) is 42.5 Å². The van der Waals surface area contributed by atoms with Crippen molar-refractivity contribution in [1.82, 2.24) is 10.6 Å². The summed E-state index contributed by atoms with van der Waals surface area (Å²) in [6, 6.07) is 13.3. The molecule has 2 amide bonds. The number of hydrogen-bond donors (Lipinski definition) is 3. The molecule has 8 heteroatoms. The van der Waals surface area contributed by atoms with Gasteiger partial charge in [-0.3, -0.25) is 9.59 Å². The van der Waals surface area contributed by atoms with E-state index in [0.717, 1.165) is 29.8 Å². The highest BCUT2D eigenvalue weighted by Gasteiger charge is 2.30. The first kappa shape index (κ1) is 20.4. The molecule has 1 atom stereocenters. The molecule has 0 saturated heterocycles. The van der Waals surface area contributed by atoms with Crippen molar-refractivity contribution in [1.29, 1.82) is 0 Å². The molecule has 2 aromatic rings. The molecular formula is C19H19F3N2O3. The molecule has 0 spiro atoms. The molecule has 0 fully saturated rings. The van der Waals surface area contributed by atoms with Crippen LogP contribution < -0.4 is 10.6 Å². The molecule has 2 rings (SSSR count). The third kappa shape index (κ3) is 6.41. The van der Waals surface area contributed by atoms with E-state index in [0.29, 0.717) is 6.42 Å². The Morgan fingerprint density at radius 2 is 1.52 bits per heavy atom. The predicted molar refractivity (Wildman–Crippen MR) is 92.6 cm³/mol. The van der Waals surface area contributed by atoms with Gasteiger partial charge in [0, 0.05) is 13.1 Å². The number of halogens is 3. The molecule has 0 aliphatic carbocycles. The van der Waals surface area contributed by atoms with Crippen molar-refractivity contribution in [2.45, 2.75) is 18.7 Å². The van der Waals surface area contributed by atoms with Crippen LogP contribution in [0.4, 0.5) is 13.2 Å². The van der Waals surface area contributed by atoms with Gasteiger partial charge >= 0.3 is 18.0 Å². The maximum absolute atomic E-state index is 12.5. The van der Waals surface area contributed by atoms with E-state index in [4.69, 9.17) is 0 Å². The molecular weight excluding hydrogens is 361 g/mol. The monoisotopic (exact) mass is 380 g/mol. The van der Waals surface area contributed by atoms with Crippen LogP contribution >= 0.6 is 0 Å². The minimum absolute atomic E-state index is 0.202. The van der Waals surface area contributed by atoms with E-state index in [1.54, 1.807) is 0 Å². The standard InChI is InChI=1S/C19H19F3N2O3/c20-19(21,22)15-8-6-14(7-9-15)16(25)12-24-18(27)17(26)23-11-10-13-4-2-1-3-5-13/h1-9,16,25H,10-12H2,(H,23,26)(H,24,27). The first-order chi connectivity index (χ1) is 12.8. The number of amides is 2. The normalized spacial score (nSPS) is 12.3. The topological polar surface area (TPSA) is 78.4 Å². The van der Waals surface area contributed by atoms with Crippen molar-refractivity contribution < 1.29 is 27.9 Å². The Hall–Kier alpha value is -2.87. The van der Waals surface area contributed by atoms with E-state index >= 15 is 0 Å². The van der Waals surface area contributed by atoms with Gasteiger partial charge in [0.2, 0.25) is 0 Å². The average molecular weight is 380 g/mol. The second kappa shape index (κ2) is 9.18. The minimum atomic E-state index is -4.46. The van der Waals surface area contributed by atoms with Crippen molar-refractivity contribution in [3.63, 3.8) is 0 Å². The lowest BCUT2D eigenvalue weighted by molar-refractivity contribution is -0.139. The fraction of sp³-hybridized carbons (Fsp3) is 0.263. The highest BCUT2D eigenvalue weighted by molar-refractivity contribution is 6.35. The van der Waals surface area contributed by atoms with E-state index in [2.05, 4.69) is 10.6 Å². The second-order valence-electron chi connectivity index (χ2n) is 5.84. The Morgan fingerprint density at radius 1 is 0.926 bits per heavy atom. The lowest BCUT2D eigenvalue weighted by Gasteiger charge is -2.13. The molecule has 0 heterocycles. The SMILES string of the molecule is O=C(NCCc1ccccc1)C(=O)NCC(O)c1ccc(C(F)(F)F)cc1. The molecule has 3 N–H and O–H groups in total. The molecule has 0 aliphatic rings. The van der Waals surface area contributed by atoms with E-state index in [9.17, 15) is 27.9 Å². The summed E-state index contributed by atoms with van der Waals surface area (Å²) in [5.41, 5.74) is 0.379.